The third-order valence-corrected chi connectivity index (χ3v) is 16.9. The second kappa shape index (κ2) is 18.5. The van der Waals surface area contributed by atoms with E-state index >= 15 is 0 Å². The molecule has 0 aliphatic rings. The van der Waals surface area contributed by atoms with Crippen molar-refractivity contribution in [2.24, 2.45) is 0 Å². The van der Waals surface area contributed by atoms with Gasteiger partial charge in [-0.2, -0.15) is 0 Å². The highest BCUT2D eigenvalue weighted by molar-refractivity contribution is 6.23. The number of nitrogens with zero attached hydrogens (tertiary/aromatic N) is 4. The van der Waals surface area contributed by atoms with Crippen molar-refractivity contribution in [2.45, 2.75) is 105 Å². The minimum absolute atomic E-state index is 0.00548. The fourth-order valence-corrected chi connectivity index (χ4v) is 12.3. The van der Waals surface area contributed by atoms with Crippen LogP contribution in [-0.2, 0) is 21.7 Å². The molecule has 0 fully saturated rings. The first kappa shape index (κ1) is 50.9. The second-order valence-electron chi connectivity index (χ2n) is 26.4. The van der Waals surface area contributed by atoms with E-state index in [1.54, 1.807) is 0 Å². The van der Waals surface area contributed by atoms with Gasteiger partial charge in [-0.3, -0.25) is 9.97 Å². The number of pyridine rings is 2. The Kier molecular flexibility index (Phi) is 11.8. The van der Waals surface area contributed by atoms with E-state index in [2.05, 4.69) is 274 Å². The lowest BCUT2D eigenvalue weighted by atomic mass is 9.85. The van der Waals surface area contributed by atoms with E-state index in [1.165, 1.54) is 98.5 Å². The number of rotatable bonds is 6. The first-order valence-corrected chi connectivity index (χ1v) is 28.5. The Bertz CT molecular complexity index is 4130. The third kappa shape index (κ3) is 8.68. The van der Waals surface area contributed by atoms with Crippen LogP contribution >= 0.6 is 0 Å². The van der Waals surface area contributed by atoms with Gasteiger partial charge in [0.1, 0.15) is 0 Å². The number of fused-ring (bicyclic) bond motifs is 8. The molecule has 0 saturated heterocycles. The van der Waals surface area contributed by atoms with Crippen molar-refractivity contribution >= 4 is 65.2 Å². The van der Waals surface area contributed by atoms with Crippen LogP contribution in [0.25, 0.3) is 121 Å². The molecule has 4 heteroatoms. The highest BCUT2D eigenvalue weighted by atomic mass is 15.0. The number of benzene rings is 9. The molecule has 0 atom stereocenters. The summed E-state index contributed by atoms with van der Waals surface area (Å²) in [6.07, 6.45) is 3.75. The number of hydrogen-bond acceptors (Lipinski definition) is 2. The van der Waals surface area contributed by atoms with Gasteiger partial charge in [-0.1, -0.05) is 180 Å². The highest BCUT2D eigenvalue weighted by Crippen LogP contribution is 2.48. The predicted molar refractivity (Wildman–Crippen MR) is 342 cm³/mol. The van der Waals surface area contributed by atoms with E-state index in [9.17, 15) is 0 Å². The first-order chi connectivity index (χ1) is 38.2. The van der Waals surface area contributed by atoms with E-state index < -0.39 is 0 Å². The minimum Gasteiger partial charge on any atom is -0.309 e. The largest absolute Gasteiger partial charge is 0.309 e. The molecule has 0 bridgehead atoms. The molecule has 4 aromatic heterocycles. The number of hydrogen-bond donors (Lipinski definition) is 0. The zero-order valence-electron chi connectivity index (χ0n) is 48.4. The fraction of sp³-hybridized carbons (Fsp3) is 0.211. The summed E-state index contributed by atoms with van der Waals surface area (Å²) < 4.78 is 5.01. The van der Waals surface area contributed by atoms with Crippen molar-refractivity contribution in [3.8, 4) is 56.1 Å². The Morgan fingerprint density at radius 1 is 0.263 bits per heavy atom. The molecule has 0 radical (unpaired) electrons. The van der Waals surface area contributed by atoms with Crippen molar-refractivity contribution in [3.63, 3.8) is 0 Å². The summed E-state index contributed by atoms with van der Waals surface area (Å²) in [5, 5.41) is 9.85. The maximum absolute atomic E-state index is 4.75. The molecule has 0 saturated carbocycles. The normalized spacial score (nSPS) is 12.8. The van der Waals surface area contributed by atoms with Gasteiger partial charge in [-0.05, 0) is 185 Å². The second-order valence-corrected chi connectivity index (χ2v) is 26.4. The average Bonchev–Trinajstić information content (AvgIpc) is 4.03. The molecule has 13 aromatic rings. The van der Waals surface area contributed by atoms with Gasteiger partial charge in [0.05, 0.1) is 33.5 Å². The van der Waals surface area contributed by atoms with E-state index in [0.717, 1.165) is 45.0 Å². The Morgan fingerprint density at radius 3 is 0.838 bits per heavy atom. The van der Waals surface area contributed by atoms with Crippen LogP contribution < -0.4 is 0 Å². The summed E-state index contributed by atoms with van der Waals surface area (Å²) in [7, 11) is 0. The standard InChI is InChI=1S/C76H70N4/c1-73(2,3)51-27-35-67-59(41-51)60-42-52(74(4,5)6)28-36-68(60)79(67)55-31-33-57-63(45-55)71(49-23-19-47(20-24-49)65-17-13-15-39-77-65)58-34-32-56(46-64(58)72(57)50-25-21-48(22-26-50)66-18-14-16-40-78-66)80-69-37-29-53(75(7,8)9)43-61(69)62-44-54(76(10,11)12)30-38-70(62)80/h13-46H,1-12H3. The van der Waals surface area contributed by atoms with Gasteiger partial charge in [-0.25, -0.2) is 0 Å². The Hall–Kier alpha value is -8.60. The molecule has 0 N–H and O–H groups in total. The van der Waals surface area contributed by atoms with E-state index in [4.69, 9.17) is 9.97 Å². The Labute approximate surface area is 471 Å². The van der Waals surface area contributed by atoms with Crippen molar-refractivity contribution < 1.29 is 0 Å². The summed E-state index contributed by atoms with van der Waals surface area (Å²) >= 11 is 0. The summed E-state index contributed by atoms with van der Waals surface area (Å²) in [6.45, 7) is 27.7. The minimum atomic E-state index is -0.00548. The van der Waals surface area contributed by atoms with Gasteiger partial charge in [0.25, 0.3) is 0 Å². The molecule has 0 unspecified atom stereocenters. The van der Waals surface area contributed by atoms with Crippen LogP contribution in [0, 0.1) is 0 Å². The smallest absolute Gasteiger partial charge is 0.0701 e. The molecule has 4 nitrogen and oxygen atoms in total. The van der Waals surface area contributed by atoms with Crippen molar-refractivity contribution in [1.82, 2.24) is 19.1 Å². The topological polar surface area (TPSA) is 35.6 Å². The molecular formula is C76H70N4. The van der Waals surface area contributed by atoms with Crippen molar-refractivity contribution in [3.05, 3.63) is 229 Å². The van der Waals surface area contributed by atoms with Crippen LogP contribution in [-0.4, -0.2) is 19.1 Å². The maximum atomic E-state index is 4.75. The molecule has 4 heterocycles. The van der Waals surface area contributed by atoms with Crippen LogP contribution in [0.1, 0.15) is 105 Å². The SMILES string of the molecule is CC(C)(C)c1ccc2c(c1)c1cc(C(C)(C)C)ccc1n2-c1ccc2c(-c3ccc(-c4ccccn4)cc3)c3cc(-n4c5ccc(C(C)(C)C)cc5c5cc(C(C)(C)C)ccc54)ccc3c(-c3ccc(-c4ccccn4)cc3)c2c1. The lowest BCUT2D eigenvalue weighted by Crippen LogP contribution is -2.10. The van der Waals surface area contributed by atoms with E-state index in [1.807, 2.05) is 24.5 Å². The molecule has 9 aromatic carbocycles. The van der Waals surface area contributed by atoms with Crippen LogP contribution in [0.2, 0.25) is 0 Å². The quantitative estimate of drug-likeness (QED) is 0.156. The molecule has 13 rings (SSSR count). The maximum Gasteiger partial charge on any atom is 0.0701 e. The summed E-state index contributed by atoms with van der Waals surface area (Å²) in [5.74, 6) is 0. The van der Waals surface area contributed by atoms with Crippen LogP contribution in [0.3, 0.4) is 0 Å². The van der Waals surface area contributed by atoms with Crippen LogP contribution in [0.5, 0.6) is 0 Å². The summed E-state index contributed by atoms with van der Waals surface area (Å²) in [6, 6.07) is 73.4. The molecule has 394 valence electrons. The Morgan fingerprint density at radius 2 is 0.562 bits per heavy atom. The molecule has 0 aliphatic heterocycles. The van der Waals surface area contributed by atoms with Crippen LogP contribution in [0.15, 0.2) is 207 Å². The number of aromatic nitrogens is 4. The molecule has 0 spiro atoms. The van der Waals surface area contributed by atoms with Gasteiger partial charge in [0, 0.05) is 56.4 Å². The van der Waals surface area contributed by atoms with E-state index in [-0.39, 0.29) is 21.7 Å². The van der Waals surface area contributed by atoms with Gasteiger partial charge in [-0.15, -0.1) is 0 Å². The lowest BCUT2D eigenvalue weighted by Gasteiger charge is -2.21. The van der Waals surface area contributed by atoms with Crippen LogP contribution in [0.4, 0.5) is 0 Å². The molecular weight excluding hydrogens is 969 g/mol. The fourth-order valence-electron chi connectivity index (χ4n) is 12.3. The van der Waals surface area contributed by atoms with Gasteiger partial charge >= 0.3 is 0 Å². The van der Waals surface area contributed by atoms with Gasteiger partial charge < -0.3 is 9.13 Å². The molecule has 0 aliphatic carbocycles. The summed E-state index contributed by atoms with van der Waals surface area (Å²) in [5.41, 5.74) is 21.1. The summed E-state index contributed by atoms with van der Waals surface area (Å²) in [4.78, 5) is 9.50. The Balaban J connectivity index is 1.13. The van der Waals surface area contributed by atoms with E-state index in [0.29, 0.717) is 0 Å². The first-order valence-electron chi connectivity index (χ1n) is 28.5. The molecule has 0 amide bonds. The van der Waals surface area contributed by atoms with Crippen molar-refractivity contribution in [2.75, 3.05) is 0 Å². The molecule has 80 heavy (non-hydrogen) atoms. The average molecular weight is 1040 g/mol. The van der Waals surface area contributed by atoms with Crippen molar-refractivity contribution in [1.29, 1.82) is 0 Å². The zero-order valence-corrected chi connectivity index (χ0v) is 48.4. The highest BCUT2D eigenvalue weighted by Gasteiger charge is 2.26. The lowest BCUT2D eigenvalue weighted by molar-refractivity contribution is 0.590. The van der Waals surface area contributed by atoms with Gasteiger partial charge in [0.15, 0.2) is 0 Å². The zero-order chi connectivity index (χ0) is 55.6. The third-order valence-electron chi connectivity index (χ3n) is 16.9. The van der Waals surface area contributed by atoms with Gasteiger partial charge in [0.2, 0.25) is 0 Å². The predicted octanol–water partition coefficient (Wildman–Crippen LogP) is 20.8. The monoisotopic (exact) mass is 1040 g/mol.